The highest BCUT2D eigenvalue weighted by Crippen LogP contribution is 2.34. The molecule has 6 heteroatoms. The third-order valence-corrected chi connectivity index (χ3v) is 5.15. The van der Waals surface area contributed by atoms with E-state index in [4.69, 9.17) is 14.3 Å². The molecule has 0 saturated heterocycles. The molecule has 2 unspecified atom stereocenters. The molecular formula is C27H27NO5. The van der Waals surface area contributed by atoms with Crippen molar-refractivity contribution in [2.45, 2.75) is 13.0 Å². The summed E-state index contributed by atoms with van der Waals surface area (Å²) in [5, 5.41) is 12.5. The molecule has 0 saturated carbocycles. The minimum absolute atomic E-state index is 0.124. The topological polar surface area (TPSA) is 70.8 Å². The summed E-state index contributed by atoms with van der Waals surface area (Å²) in [6.45, 7) is 1.74. The highest BCUT2D eigenvalue weighted by Gasteiger charge is 2.34. The van der Waals surface area contributed by atoms with Gasteiger partial charge in [-0.25, -0.2) is 4.79 Å². The highest BCUT2D eigenvalue weighted by atomic mass is 16.7. The number of para-hydroxylation sites is 1. The minimum Gasteiger partial charge on any atom is -0.616 e. The maximum atomic E-state index is 12.5. The van der Waals surface area contributed by atoms with Gasteiger partial charge in [-0.2, -0.15) is 0 Å². The van der Waals surface area contributed by atoms with E-state index in [1.165, 1.54) is 14.2 Å². The third-order valence-electron chi connectivity index (χ3n) is 5.15. The predicted octanol–water partition coefficient (Wildman–Crippen LogP) is 4.15. The van der Waals surface area contributed by atoms with E-state index in [1.807, 2.05) is 97.2 Å². The Labute approximate surface area is 193 Å². The van der Waals surface area contributed by atoms with Gasteiger partial charge in [0.15, 0.2) is 0 Å². The molecule has 0 radical (unpaired) electrons. The number of carbonyl (C=O) groups is 1. The number of methoxy groups -OCH3 is 2. The van der Waals surface area contributed by atoms with Crippen LogP contribution < -0.4 is 5.11 Å². The van der Waals surface area contributed by atoms with Crippen LogP contribution in [0.15, 0.2) is 103 Å². The van der Waals surface area contributed by atoms with Crippen molar-refractivity contribution in [2.24, 2.45) is 5.92 Å². The average molecular weight is 446 g/mol. The van der Waals surface area contributed by atoms with Gasteiger partial charge in [0.2, 0.25) is 12.3 Å². The van der Waals surface area contributed by atoms with Crippen LogP contribution in [0.4, 0.5) is 5.69 Å². The van der Waals surface area contributed by atoms with E-state index in [0.29, 0.717) is 0 Å². The van der Waals surface area contributed by atoms with Crippen molar-refractivity contribution in [3.05, 3.63) is 114 Å². The second-order valence-electron chi connectivity index (χ2n) is 7.32. The Morgan fingerprint density at radius 2 is 1.39 bits per heavy atom. The minimum atomic E-state index is -0.753. The molecule has 0 N–H and O–H groups in total. The number of hydrogen-bond acceptors (Lipinski definition) is 5. The van der Waals surface area contributed by atoms with E-state index in [2.05, 4.69) is 0 Å². The summed E-state index contributed by atoms with van der Waals surface area (Å²) >= 11 is 0. The van der Waals surface area contributed by atoms with Gasteiger partial charge < -0.3 is 14.6 Å². The summed E-state index contributed by atoms with van der Waals surface area (Å²) in [6, 6.07) is 28.7. The SMILES string of the molecule is COC(=O)/C(=C(/[O-])OC)C(C)C(O/[N+](=C\c1ccccc1)c1ccccc1)c1ccccc1. The molecular weight excluding hydrogens is 418 g/mol. The molecule has 0 aliphatic carbocycles. The first-order valence-corrected chi connectivity index (χ1v) is 10.5. The molecule has 2 atom stereocenters. The van der Waals surface area contributed by atoms with Crippen molar-refractivity contribution in [1.29, 1.82) is 0 Å². The maximum Gasteiger partial charge on any atom is 0.335 e. The van der Waals surface area contributed by atoms with Crippen molar-refractivity contribution in [1.82, 2.24) is 0 Å². The number of ether oxygens (including phenoxy) is 2. The van der Waals surface area contributed by atoms with Gasteiger partial charge in [0.05, 0.1) is 18.6 Å². The molecule has 170 valence electrons. The molecule has 0 bridgehead atoms. The Balaban J connectivity index is 2.11. The highest BCUT2D eigenvalue weighted by molar-refractivity contribution is 5.89. The average Bonchev–Trinajstić information content (AvgIpc) is 2.87. The van der Waals surface area contributed by atoms with Gasteiger partial charge in [-0.05, 0) is 19.2 Å². The van der Waals surface area contributed by atoms with Crippen LogP contribution in [0.2, 0.25) is 0 Å². The van der Waals surface area contributed by atoms with Crippen LogP contribution in [0.1, 0.15) is 24.2 Å². The molecule has 0 aromatic heterocycles. The van der Waals surface area contributed by atoms with Crippen molar-refractivity contribution < 1.29 is 29.0 Å². The molecule has 0 aliphatic rings. The predicted molar refractivity (Wildman–Crippen MR) is 123 cm³/mol. The fraction of sp³-hybridized carbons (Fsp3) is 0.185. The Kier molecular flexibility index (Phi) is 8.24. The maximum absolute atomic E-state index is 12.5. The number of rotatable bonds is 9. The Morgan fingerprint density at radius 1 is 0.848 bits per heavy atom. The van der Waals surface area contributed by atoms with E-state index < -0.39 is 23.9 Å². The molecule has 0 aliphatic heterocycles. The molecule has 6 nitrogen and oxygen atoms in total. The lowest BCUT2D eigenvalue weighted by molar-refractivity contribution is -0.741. The summed E-state index contributed by atoms with van der Waals surface area (Å²) < 4.78 is 11.4. The largest absolute Gasteiger partial charge is 0.616 e. The van der Waals surface area contributed by atoms with Gasteiger partial charge in [0, 0.05) is 33.9 Å². The van der Waals surface area contributed by atoms with E-state index in [9.17, 15) is 9.90 Å². The van der Waals surface area contributed by atoms with E-state index >= 15 is 0 Å². The zero-order valence-electron chi connectivity index (χ0n) is 18.9. The Bertz CT molecular complexity index is 1100. The summed E-state index contributed by atoms with van der Waals surface area (Å²) in [5.41, 5.74) is 2.37. The Hall–Kier alpha value is -4.06. The number of carbonyl (C=O) groups excluding carboxylic acids is 1. The van der Waals surface area contributed by atoms with Crippen LogP contribution in [-0.2, 0) is 19.1 Å². The monoisotopic (exact) mass is 445 g/mol. The van der Waals surface area contributed by atoms with Gasteiger partial charge in [-0.3, -0.25) is 4.84 Å². The van der Waals surface area contributed by atoms with Crippen LogP contribution in [0.5, 0.6) is 0 Å². The number of benzene rings is 3. The van der Waals surface area contributed by atoms with Crippen molar-refractivity contribution in [2.75, 3.05) is 14.2 Å². The normalized spacial score (nSPS) is 14.0. The van der Waals surface area contributed by atoms with Gasteiger partial charge in [0.25, 0.3) is 5.69 Å². The first kappa shape index (κ1) is 23.6. The van der Waals surface area contributed by atoms with Crippen LogP contribution in [0.3, 0.4) is 0 Å². The van der Waals surface area contributed by atoms with Crippen LogP contribution in [0, 0.1) is 5.92 Å². The molecule has 3 aromatic rings. The summed E-state index contributed by atoms with van der Waals surface area (Å²) in [4.78, 5) is 19.0. The molecule has 33 heavy (non-hydrogen) atoms. The molecule has 3 rings (SSSR count). The van der Waals surface area contributed by atoms with Gasteiger partial charge in [0.1, 0.15) is 0 Å². The lowest BCUT2D eigenvalue weighted by atomic mass is 9.90. The zero-order valence-corrected chi connectivity index (χ0v) is 18.9. The van der Waals surface area contributed by atoms with Gasteiger partial charge in [-0.15, -0.1) is 0 Å². The lowest BCUT2D eigenvalue weighted by Gasteiger charge is -2.26. The summed E-state index contributed by atoms with van der Waals surface area (Å²) in [5.74, 6) is -2.18. The van der Waals surface area contributed by atoms with Gasteiger partial charge >= 0.3 is 5.97 Å². The van der Waals surface area contributed by atoms with Gasteiger partial charge in [-0.1, -0.05) is 73.7 Å². The van der Waals surface area contributed by atoms with E-state index in [-0.39, 0.29) is 5.57 Å². The summed E-state index contributed by atoms with van der Waals surface area (Å²) in [7, 11) is 2.46. The fourth-order valence-electron chi connectivity index (χ4n) is 3.45. The second-order valence-corrected chi connectivity index (χ2v) is 7.32. The standard InChI is InChI=1S/C27H27NO5/c1-20(24(26(29)31-2)27(30)32-3)25(22-15-9-5-10-16-22)33-28(23-17-11-6-12-18-23)19-21-13-7-4-8-14-21/h4-20,25H,1-3H3/b28-19-. The number of hydrogen-bond donors (Lipinski definition) is 0. The Morgan fingerprint density at radius 3 is 1.94 bits per heavy atom. The number of nitrogens with zero attached hydrogens (tertiary/aromatic N) is 1. The van der Waals surface area contributed by atoms with Crippen molar-refractivity contribution in [3.63, 3.8) is 0 Å². The van der Waals surface area contributed by atoms with E-state index in [1.54, 1.807) is 11.7 Å². The first-order chi connectivity index (χ1) is 16.0. The fourth-order valence-corrected chi connectivity index (χ4v) is 3.45. The molecule has 3 aromatic carbocycles. The first-order valence-electron chi connectivity index (χ1n) is 10.5. The lowest BCUT2D eigenvalue weighted by Crippen LogP contribution is -2.28. The second kappa shape index (κ2) is 11.5. The van der Waals surface area contributed by atoms with Crippen LogP contribution in [-0.4, -0.2) is 31.1 Å². The van der Waals surface area contributed by atoms with Crippen molar-refractivity contribution in [3.8, 4) is 0 Å². The molecule has 0 fully saturated rings. The quantitative estimate of drug-likeness (QED) is 0.124. The zero-order chi connectivity index (χ0) is 23.6. The smallest absolute Gasteiger partial charge is 0.335 e. The van der Waals surface area contributed by atoms with E-state index in [0.717, 1.165) is 16.8 Å². The molecule has 0 spiro atoms. The third kappa shape index (κ3) is 6.01. The number of esters is 1. The molecule has 0 amide bonds. The van der Waals surface area contributed by atoms with Crippen LogP contribution in [0.25, 0.3) is 0 Å². The van der Waals surface area contributed by atoms with Crippen LogP contribution >= 0.6 is 0 Å². The summed E-state index contributed by atoms with van der Waals surface area (Å²) in [6.07, 6.45) is 1.16. The van der Waals surface area contributed by atoms with Crippen molar-refractivity contribution >= 4 is 17.9 Å². The molecule has 0 heterocycles.